The van der Waals surface area contributed by atoms with E-state index in [4.69, 9.17) is 0 Å². The summed E-state index contributed by atoms with van der Waals surface area (Å²) < 4.78 is 31.3. The predicted molar refractivity (Wildman–Crippen MR) is 62.0 cm³/mol. The van der Waals surface area contributed by atoms with Crippen LogP contribution < -0.4 is 0 Å². The molecular weight excluding hydrogens is 242 g/mol. The van der Waals surface area contributed by atoms with Crippen molar-refractivity contribution < 1.29 is 23.1 Å². The minimum absolute atomic E-state index is 0.0235. The Labute approximate surface area is 103 Å². The summed E-state index contributed by atoms with van der Waals surface area (Å²) in [6.45, 7) is 1.94. The van der Waals surface area contributed by atoms with Crippen molar-refractivity contribution in [2.24, 2.45) is 0 Å². The normalized spacial score (nSPS) is 10.6. The molecule has 5 heteroatoms. The van der Waals surface area contributed by atoms with Crippen LogP contribution in [-0.2, 0) is 9.53 Å². The van der Waals surface area contributed by atoms with Gasteiger partial charge in [-0.05, 0) is 19.1 Å². The van der Waals surface area contributed by atoms with Gasteiger partial charge in [-0.15, -0.1) is 0 Å². The van der Waals surface area contributed by atoms with Crippen molar-refractivity contribution in [2.75, 3.05) is 6.61 Å². The molecule has 0 fully saturated rings. The number of carbonyl (C=O) groups is 2. The van der Waals surface area contributed by atoms with Crippen molar-refractivity contribution in [2.45, 2.75) is 13.3 Å². The van der Waals surface area contributed by atoms with Crippen LogP contribution >= 0.6 is 0 Å². The van der Waals surface area contributed by atoms with Gasteiger partial charge in [-0.2, -0.15) is 0 Å². The van der Waals surface area contributed by atoms with Crippen LogP contribution in [-0.4, -0.2) is 18.9 Å². The largest absolute Gasteiger partial charge is 0.466 e. The molecule has 18 heavy (non-hydrogen) atoms. The van der Waals surface area contributed by atoms with E-state index in [0.717, 1.165) is 12.1 Å². The van der Waals surface area contributed by atoms with Gasteiger partial charge in [-0.25, -0.2) is 8.78 Å². The standard InChI is InChI=1S/C13H12F2O3/c1-2-18-13(17)5-3-4-9-6-12(15)10(8-16)7-11(9)14/h3-4,6-8H,2,5H2,1H3. The summed E-state index contributed by atoms with van der Waals surface area (Å²) in [6.07, 6.45) is 2.86. The van der Waals surface area contributed by atoms with Crippen LogP contribution in [0.4, 0.5) is 8.78 Å². The van der Waals surface area contributed by atoms with Gasteiger partial charge in [0.05, 0.1) is 18.6 Å². The summed E-state index contributed by atoms with van der Waals surface area (Å²) in [5.41, 5.74) is -0.363. The highest BCUT2D eigenvalue weighted by atomic mass is 19.1. The summed E-state index contributed by atoms with van der Waals surface area (Å²) in [5, 5.41) is 0. The molecule has 0 amide bonds. The van der Waals surface area contributed by atoms with Gasteiger partial charge < -0.3 is 4.74 Å². The lowest BCUT2D eigenvalue weighted by Gasteiger charge is -2.00. The van der Waals surface area contributed by atoms with E-state index in [1.165, 1.54) is 12.2 Å². The Morgan fingerprint density at radius 2 is 1.89 bits per heavy atom. The molecule has 0 radical (unpaired) electrons. The van der Waals surface area contributed by atoms with Gasteiger partial charge in [0, 0.05) is 5.56 Å². The smallest absolute Gasteiger partial charge is 0.309 e. The van der Waals surface area contributed by atoms with Crippen molar-refractivity contribution in [3.63, 3.8) is 0 Å². The third-order valence-electron chi connectivity index (χ3n) is 2.13. The monoisotopic (exact) mass is 254 g/mol. The van der Waals surface area contributed by atoms with Crippen molar-refractivity contribution in [1.29, 1.82) is 0 Å². The molecule has 1 aromatic rings. The highest BCUT2D eigenvalue weighted by Crippen LogP contribution is 2.15. The van der Waals surface area contributed by atoms with Crippen molar-refractivity contribution in [3.8, 4) is 0 Å². The molecule has 0 aliphatic carbocycles. The molecule has 1 rings (SSSR count). The Hall–Kier alpha value is -2.04. The molecule has 0 unspecified atom stereocenters. The van der Waals surface area contributed by atoms with Crippen molar-refractivity contribution in [1.82, 2.24) is 0 Å². The molecule has 0 N–H and O–H groups in total. The Kier molecular flexibility index (Phi) is 5.17. The van der Waals surface area contributed by atoms with E-state index in [9.17, 15) is 18.4 Å². The molecule has 0 saturated heterocycles. The van der Waals surface area contributed by atoms with Crippen molar-refractivity contribution >= 4 is 18.3 Å². The summed E-state index contributed by atoms with van der Waals surface area (Å²) in [6, 6.07) is 1.72. The maximum absolute atomic E-state index is 13.4. The maximum atomic E-state index is 13.4. The molecule has 0 atom stereocenters. The van der Waals surface area contributed by atoms with Crippen LogP contribution in [0.1, 0.15) is 29.3 Å². The van der Waals surface area contributed by atoms with Crippen LogP contribution in [0, 0.1) is 11.6 Å². The van der Waals surface area contributed by atoms with Gasteiger partial charge in [0.15, 0.2) is 6.29 Å². The molecule has 0 spiro atoms. The first-order valence-electron chi connectivity index (χ1n) is 5.34. The first kappa shape index (κ1) is 14.0. The summed E-state index contributed by atoms with van der Waals surface area (Å²) >= 11 is 0. The van der Waals surface area contributed by atoms with Gasteiger partial charge in [-0.1, -0.05) is 12.2 Å². The first-order chi connectivity index (χ1) is 8.58. The lowest BCUT2D eigenvalue weighted by Crippen LogP contribution is -2.01. The minimum atomic E-state index is -0.804. The van der Waals surface area contributed by atoms with E-state index in [2.05, 4.69) is 4.74 Å². The Morgan fingerprint density at radius 3 is 2.50 bits per heavy atom. The maximum Gasteiger partial charge on any atom is 0.309 e. The number of hydrogen-bond donors (Lipinski definition) is 0. The van der Waals surface area contributed by atoms with Crippen LogP contribution in [0.2, 0.25) is 0 Å². The zero-order chi connectivity index (χ0) is 13.5. The van der Waals surface area contributed by atoms with Gasteiger partial charge in [0.25, 0.3) is 0 Å². The fourth-order valence-corrected chi connectivity index (χ4v) is 1.30. The number of carbonyl (C=O) groups excluding carboxylic acids is 2. The van der Waals surface area contributed by atoms with Crippen LogP contribution in [0.3, 0.4) is 0 Å². The quantitative estimate of drug-likeness (QED) is 0.599. The zero-order valence-electron chi connectivity index (χ0n) is 9.78. The molecule has 0 aliphatic rings. The molecule has 1 aromatic carbocycles. The lowest BCUT2D eigenvalue weighted by molar-refractivity contribution is -0.142. The number of ether oxygens (including phenoxy) is 1. The number of esters is 1. The average Bonchev–Trinajstić information content (AvgIpc) is 2.33. The lowest BCUT2D eigenvalue weighted by atomic mass is 10.1. The van der Waals surface area contributed by atoms with E-state index in [1.54, 1.807) is 6.92 Å². The number of hydrogen-bond acceptors (Lipinski definition) is 3. The Bertz CT molecular complexity index is 481. The van der Waals surface area contributed by atoms with Crippen LogP contribution in [0.5, 0.6) is 0 Å². The minimum Gasteiger partial charge on any atom is -0.466 e. The predicted octanol–water partition coefficient (Wildman–Crippen LogP) is 2.74. The topological polar surface area (TPSA) is 43.4 Å². The van der Waals surface area contributed by atoms with Gasteiger partial charge in [0.1, 0.15) is 11.6 Å². The molecule has 3 nitrogen and oxygen atoms in total. The third-order valence-corrected chi connectivity index (χ3v) is 2.13. The van der Waals surface area contributed by atoms with E-state index in [-0.39, 0.29) is 30.4 Å². The number of halogens is 2. The van der Waals surface area contributed by atoms with Gasteiger partial charge in [0.2, 0.25) is 0 Å². The fourth-order valence-electron chi connectivity index (χ4n) is 1.30. The van der Waals surface area contributed by atoms with Gasteiger partial charge >= 0.3 is 5.97 Å². The SMILES string of the molecule is CCOC(=O)CC=Cc1cc(F)c(C=O)cc1F. The molecule has 0 saturated carbocycles. The Morgan fingerprint density at radius 1 is 1.28 bits per heavy atom. The molecular formula is C13H12F2O3. The second kappa shape index (κ2) is 6.64. The molecule has 0 heterocycles. The van der Waals surface area contributed by atoms with E-state index in [1.807, 2.05) is 0 Å². The second-order valence-electron chi connectivity index (χ2n) is 3.42. The first-order valence-corrected chi connectivity index (χ1v) is 5.34. The fraction of sp³-hybridized carbons (Fsp3) is 0.231. The highest BCUT2D eigenvalue weighted by molar-refractivity contribution is 5.76. The average molecular weight is 254 g/mol. The molecule has 0 bridgehead atoms. The molecule has 0 aromatic heterocycles. The number of aldehydes is 1. The van der Waals surface area contributed by atoms with Crippen LogP contribution in [0.15, 0.2) is 18.2 Å². The molecule has 0 aliphatic heterocycles. The highest BCUT2D eigenvalue weighted by Gasteiger charge is 2.07. The third kappa shape index (κ3) is 3.76. The number of benzene rings is 1. The summed E-state index contributed by atoms with van der Waals surface area (Å²) in [7, 11) is 0. The zero-order valence-corrected chi connectivity index (χ0v) is 9.78. The summed E-state index contributed by atoms with van der Waals surface area (Å²) in [5.74, 6) is -1.97. The second-order valence-corrected chi connectivity index (χ2v) is 3.42. The summed E-state index contributed by atoms with van der Waals surface area (Å²) in [4.78, 5) is 21.4. The van der Waals surface area contributed by atoms with E-state index in [0.29, 0.717) is 0 Å². The molecule has 96 valence electrons. The van der Waals surface area contributed by atoms with Gasteiger partial charge in [-0.3, -0.25) is 9.59 Å². The van der Waals surface area contributed by atoms with Crippen molar-refractivity contribution in [3.05, 3.63) is 41.0 Å². The van der Waals surface area contributed by atoms with E-state index >= 15 is 0 Å². The van der Waals surface area contributed by atoms with E-state index < -0.39 is 17.6 Å². The number of rotatable bonds is 5. The van der Waals surface area contributed by atoms with Crippen LogP contribution in [0.25, 0.3) is 6.08 Å². The Balaban J connectivity index is 2.79.